The van der Waals surface area contributed by atoms with E-state index in [1.165, 1.54) is 33.6 Å². The summed E-state index contributed by atoms with van der Waals surface area (Å²) in [6.45, 7) is 6.98. The van der Waals surface area contributed by atoms with Crippen molar-refractivity contribution in [1.29, 1.82) is 0 Å². The Bertz CT molecular complexity index is 994. The average Bonchev–Trinajstić information content (AvgIpc) is 3.35. The number of nitrogens with zero attached hydrogens (tertiary/aromatic N) is 2. The third kappa shape index (κ3) is 3.04. The minimum Gasteiger partial charge on any atom is -0.325 e. The molecule has 0 aliphatic heterocycles. The molecule has 1 N–H and O–H groups in total. The fourth-order valence-electron chi connectivity index (χ4n) is 3.97. The van der Waals surface area contributed by atoms with Crippen molar-refractivity contribution in [3.8, 4) is 0 Å². The second-order valence-corrected chi connectivity index (χ2v) is 10.1. The zero-order valence-corrected chi connectivity index (χ0v) is 15.9. The second-order valence-electron chi connectivity index (χ2n) is 6.68. The van der Waals surface area contributed by atoms with E-state index in [0.29, 0.717) is 4.21 Å². The van der Waals surface area contributed by atoms with Crippen molar-refractivity contribution in [3.05, 3.63) is 57.4 Å². The first-order valence-electron chi connectivity index (χ1n) is 8.71. The van der Waals surface area contributed by atoms with E-state index in [-0.39, 0.29) is 11.7 Å². The van der Waals surface area contributed by atoms with E-state index >= 15 is 0 Å². The SMILES string of the molecule is [C-]#[N+]N=S(=O)(CC(=O)Nc1c2c(cc3c1CCC3)CCC2)c1cccs1. The molecule has 7 heteroatoms. The number of nitrogens with one attached hydrogen (secondary N) is 1. The van der Waals surface area contributed by atoms with Crippen LogP contribution >= 0.6 is 11.3 Å². The Balaban J connectivity index is 1.65. The quantitative estimate of drug-likeness (QED) is 0.638. The first-order chi connectivity index (χ1) is 12.6. The molecule has 0 fully saturated rings. The Kier molecular flexibility index (Phi) is 4.55. The van der Waals surface area contributed by atoms with E-state index in [9.17, 15) is 9.00 Å². The molecule has 1 aromatic carbocycles. The van der Waals surface area contributed by atoms with Crippen LogP contribution in [-0.2, 0) is 40.2 Å². The molecule has 1 unspecified atom stereocenters. The van der Waals surface area contributed by atoms with Crippen LogP contribution in [0.1, 0.15) is 35.1 Å². The monoisotopic (exact) mass is 385 g/mol. The molecule has 134 valence electrons. The van der Waals surface area contributed by atoms with Crippen LogP contribution in [0.5, 0.6) is 0 Å². The van der Waals surface area contributed by atoms with Crippen LogP contribution in [0.2, 0.25) is 0 Å². The minimum absolute atomic E-state index is 0.283. The van der Waals surface area contributed by atoms with Crippen LogP contribution < -0.4 is 5.32 Å². The van der Waals surface area contributed by atoms with Crippen LogP contribution in [0.4, 0.5) is 5.69 Å². The van der Waals surface area contributed by atoms with Gasteiger partial charge < -0.3 is 5.32 Å². The number of benzene rings is 1. The van der Waals surface area contributed by atoms with Gasteiger partial charge in [-0.2, -0.15) is 6.57 Å². The summed E-state index contributed by atoms with van der Waals surface area (Å²) in [4.78, 5) is 15.7. The number of rotatable bonds is 4. The van der Waals surface area contributed by atoms with Gasteiger partial charge in [-0.25, -0.2) is 4.21 Å². The van der Waals surface area contributed by atoms with Gasteiger partial charge >= 0.3 is 0 Å². The predicted molar refractivity (Wildman–Crippen MR) is 104 cm³/mol. The van der Waals surface area contributed by atoms with E-state index in [4.69, 9.17) is 6.57 Å². The molecule has 0 saturated carbocycles. The van der Waals surface area contributed by atoms with E-state index in [1.54, 1.807) is 17.5 Å². The van der Waals surface area contributed by atoms with E-state index in [2.05, 4.69) is 20.8 Å². The number of thiophene rings is 1. The number of amides is 1. The van der Waals surface area contributed by atoms with Gasteiger partial charge in [0.05, 0.1) is 0 Å². The summed E-state index contributed by atoms with van der Waals surface area (Å²) in [7, 11) is -3.04. The van der Waals surface area contributed by atoms with Gasteiger partial charge in [0, 0.05) is 5.69 Å². The molecule has 0 spiro atoms. The minimum atomic E-state index is -3.04. The third-order valence-electron chi connectivity index (χ3n) is 5.05. The summed E-state index contributed by atoms with van der Waals surface area (Å²) >= 11 is 1.27. The molecule has 1 atom stereocenters. The van der Waals surface area contributed by atoms with Gasteiger partial charge in [-0.05, 0) is 72.2 Å². The van der Waals surface area contributed by atoms with Crippen molar-refractivity contribution in [2.24, 2.45) is 4.47 Å². The molecule has 1 amide bonds. The van der Waals surface area contributed by atoms with E-state index in [1.807, 2.05) is 0 Å². The highest BCUT2D eigenvalue weighted by atomic mass is 32.2. The third-order valence-corrected chi connectivity index (χ3v) is 8.54. The van der Waals surface area contributed by atoms with Crippen molar-refractivity contribution >= 4 is 32.7 Å². The molecule has 1 aromatic heterocycles. The summed E-state index contributed by atoms with van der Waals surface area (Å²) in [5.41, 5.74) is 6.09. The van der Waals surface area contributed by atoms with Crippen molar-refractivity contribution in [1.82, 2.24) is 0 Å². The summed E-state index contributed by atoms with van der Waals surface area (Å²) in [6.07, 6.45) is 6.30. The number of anilines is 1. The highest BCUT2D eigenvalue weighted by Gasteiger charge is 2.27. The Morgan fingerprint density at radius 2 is 1.92 bits per heavy atom. The number of aryl methyl sites for hydroxylation is 2. The molecule has 2 aliphatic rings. The van der Waals surface area contributed by atoms with Gasteiger partial charge in [-0.15, -0.1) is 16.3 Å². The summed E-state index contributed by atoms with van der Waals surface area (Å²) < 4.78 is 17.2. The molecule has 26 heavy (non-hydrogen) atoms. The van der Waals surface area contributed by atoms with Gasteiger partial charge in [0.1, 0.15) is 14.4 Å². The zero-order chi connectivity index (χ0) is 18.1. The largest absolute Gasteiger partial charge is 0.325 e. The smallest absolute Gasteiger partial charge is 0.238 e. The van der Waals surface area contributed by atoms with Gasteiger partial charge in [0.25, 0.3) is 0 Å². The van der Waals surface area contributed by atoms with E-state index < -0.39 is 9.73 Å². The van der Waals surface area contributed by atoms with Crippen molar-refractivity contribution < 1.29 is 9.00 Å². The van der Waals surface area contributed by atoms with Crippen LogP contribution in [0, 0.1) is 6.57 Å². The lowest BCUT2D eigenvalue weighted by atomic mass is 9.98. The molecule has 2 aliphatic carbocycles. The molecule has 0 saturated heterocycles. The predicted octanol–water partition coefficient (Wildman–Crippen LogP) is 4.03. The Hall–Kier alpha value is -2.17. The number of carbonyl (C=O) groups excluding carboxylic acids is 1. The first-order valence-corrected chi connectivity index (χ1v) is 11.3. The second kappa shape index (κ2) is 6.86. The maximum absolute atomic E-state index is 13.1. The normalized spacial score (nSPS) is 17.0. The molecular weight excluding hydrogens is 366 g/mol. The lowest BCUT2D eigenvalue weighted by Gasteiger charge is -2.16. The van der Waals surface area contributed by atoms with Crippen molar-refractivity contribution in [2.45, 2.75) is 42.7 Å². The average molecular weight is 386 g/mol. The Morgan fingerprint density at radius 1 is 1.23 bits per heavy atom. The number of hydrogen-bond donors (Lipinski definition) is 1. The van der Waals surface area contributed by atoms with Crippen molar-refractivity contribution in [3.63, 3.8) is 0 Å². The van der Waals surface area contributed by atoms with Gasteiger partial charge in [0.2, 0.25) is 5.91 Å². The maximum atomic E-state index is 13.1. The molecule has 1 heterocycles. The van der Waals surface area contributed by atoms with Crippen LogP contribution in [0.15, 0.2) is 32.3 Å². The molecule has 0 bridgehead atoms. The molecule has 2 aromatic rings. The molecule has 4 rings (SSSR count). The van der Waals surface area contributed by atoms with E-state index in [0.717, 1.165) is 44.2 Å². The van der Waals surface area contributed by atoms with Crippen LogP contribution in [-0.4, -0.2) is 15.9 Å². The van der Waals surface area contributed by atoms with Gasteiger partial charge in [-0.1, -0.05) is 12.1 Å². The fourth-order valence-corrected chi connectivity index (χ4v) is 6.60. The number of fused-ring (bicyclic) bond motifs is 2. The van der Waals surface area contributed by atoms with Gasteiger partial charge in [-0.3, -0.25) is 4.79 Å². The summed E-state index contributed by atoms with van der Waals surface area (Å²) in [6, 6.07) is 5.74. The van der Waals surface area contributed by atoms with Crippen LogP contribution in [0.3, 0.4) is 0 Å². The summed E-state index contributed by atoms with van der Waals surface area (Å²) in [5, 5.41) is 4.82. The van der Waals surface area contributed by atoms with Crippen molar-refractivity contribution in [2.75, 3.05) is 11.1 Å². The molecule has 0 radical (unpaired) electrons. The molecule has 5 nitrogen and oxygen atoms in total. The Morgan fingerprint density at radius 3 is 2.50 bits per heavy atom. The number of hydrogen-bond acceptors (Lipinski definition) is 4. The lowest BCUT2D eigenvalue weighted by molar-refractivity contribution is -0.113. The summed E-state index contributed by atoms with van der Waals surface area (Å²) in [5.74, 6) is -0.612. The van der Waals surface area contributed by atoms with Crippen LogP contribution in [0.25, 0.3) is 4.95 Å². The lowest BCUT2D eigenvalue weighted by Crippen LogP contribution is -2.23. The highest BCUT2D eigenvalue weighted by molar-refractivity contribution is 7.96. The topological polar surface area (TPSA) is 62.9 Å². The standard InChI is InChI=1S/C19H19N3O2S2/c1-20-22-26(24,18-9-4-10-25-18)12-17(23)21-19-15-7-2-5-13(15)11-14-6-3-8-16(14)19/h4,9-11H,2-3,5-8,12H2,(H,21,23). The fraction of sp³-hybridized carbons (Fsp3) is 0.368. The zero-order valence-electron chi connectivity index (χ0n) is 14.3. The highest BCUT2D eigenvalue weighted by Crippen LogP contribution is 2.38. The number of carbonyl (C=O) groups is 1. The molecular formula is C19H19N3O2S2. The first kappa shape index (κ1) is 17.3. The maximum Gasteiger partial charge on any atom is 0.238 e. The van der Waals surface area contributed by atoms with Gasteiger partial charge in [0.15, 0.2) is 9.73 Å². The Labute approximate surface area is 157 Å².